The fourth-order valence-electron chi connectivity index (χ4n) is 4.63. The lowest BCUT2D eigenvalue weighted by molar-refractivity contribution is 0.257. The fraction of sp³-hybridized carbons (Fsp3) is 0.333. The maximum atomic E-state index is 5.99. The molecule has 1 N–H and O–H groups in total. The second-order valence-corrected chi connectivity index (χ2v) is 8.51. The summed E-state index contributed by atoms with van der Waals surface area (Å²) < 4.78 is 8.18. The van der Waals surface area contributed by atoms with Crippen molar-refractivity contribution in [1.29, 1.82) is 0 Å². The van der Waals surface area contributed by atoms with E-state index in [-0.39, 0.29) is 0 Å². The number of imidazole rings is 1. The lowest BCUT2D eigenvalue weighted by Crippen LogP contribution is -2.19. The minimum atomic E-state index is 0.444. The molecule has 3 aromatic heterocycles. The molecule has 1 atom stereocenters. The van der Waals surface area contributed by atoms with Gasteiger partial charge < -0.3 is 9.30 Å². The highest BCUT2D eigenvalue weighted by Gasteiger charge is 2.32. The van der Waals surface area contributed by atoms with Gasteiger partial charge in [0.1, 0.15) is 17.1 Å². The van der Waals surface area contributed by atoms with E-state index in [1.165, 1.54) is 24.0 Å². The Labute approximate surface area is 180 Å². The van der Waals surface area contributed by atoms with E-state index in [0.29, 0.717) is 11.8 Å². The van der Waals surface area contributed by atoms with Crippen molar-refractivity contribution in [3.63, 3.8) is 0 Å². The van der Waals surface area contributed by atoms with Crippen molar-refractivity contribution < 1.29 is 4.74 Å². The van der Waals surface area contributed by atoms with Crippen LogP contribution in [0.5, 0.6) is 5.75 Å². The van der Waals surface area contributed by atoms with Crippen molar-refractivity contribution >= 4 is 0 Å². The van der Waals surface area contributed by atoms with Crippen LogP contribution >= 0.6 is 0 Å². The quantitative estimate of drug-likeness (QED) is 0.523. The molecular formula is C24H24N6O. The van der Waals surface area contributed by atoms with Gasteiger partial charge in [0.25, 0.3) is 0 Å². The van der Waals surface area contributed by atoms with Crippen molar-refractivity contribution in [2.45, 2.75) is 44.6 Å². The number of aromatic nitrogens is 6. The third-order valence-corrected chi connectivity index (χ3v) is 6.33. The SMILES string of the molecule is Cc1n[nH]nc1-c1ccnc(-c2cn(C[C@H]3CCOc4cccc(C5CC5)c43)cn2)c1. The first kappa shape index (κ1) is 18.3. The van der Waals surface area contributed by atoms with Crippen LogP contribution in [0.1, 0.15) is 47.9 Å². The monoisotopic (exact) mass is 412 g/mol. The molecule has 2 aliphatic rings. The number of pyridine rings is 1. The molecule has 0 radical (unpaired) electrons. The molecular weight excluding hydrogens is 388 g/mol. The normalized spacial score (nSPS) is 17.9. The molecule has 1 aliphatic carbocycles. The average molecular weight is 412 g/mol. The van der Waals surface area contributed by atoms with Crippen molar-refractivity contribution in [1.82, 2.24) is 29.9 Å². The number of H-pyrrole nitrogens is 1. The Morgan fingerprint density at radius 1 is 1.10 bits per heavy atom. The summed E-state index contributed by atoms with van der Waals surface area (Å²) in [6, 6.07) is 10.5. The van der Waals surface area contributed by atoms with Gasteiger partial charge in [0, 0.05) is 36.0 Å². The number of rotatable bonds is 5. The molecule has 4 aromatic rings. The Morgan fingerprint density at radius 2 is 2.03 bits per heavy atom. The van der Waals surface area contributed by atoms with Gasteiger partial charge in [0.15, 0.2) is 0 Å². The van der Waals surface area contributed by atoms with Crippen molar-refractivity contribution in [3.8, 4) is 28.4 Å². The van der Waals surface area contributed by atoms with E-state index >= 15 is 0 Å². The van der Waals surface area contributed by atoms with Gasteiger partial charge in [-0.1, -0.05) is 12.1 Å². The first-order valence-corrected chi connectivity index (χ1v) is 10.9. The smallest absolute Gasteiger partial charge is 0.123 e. The Hall–Kier alpha value is -3.48. The molecule has 0 bridgehead atoms. The van der Waals surface area contributed by atoms with Gasteiger partial charge in [-0.05, 0) is 55.9 Å². The highest BCUT2D eigenvalue weighted by Crippen LogP contribution is 2.48. The number of aryl methyl sites for hydroxylation is 1. The Morgan fingerprint density at radius 3 is 2.87 bits per heavy atom. The summed E-state index contributed by atoms with van der Waals surface area (Å²) in [5.41, 5.74) is 7.29. The zero-order valence-electron chi connectivity index (χ0n) is 17.5. The Balaban J connectivity index is 1.28. The fourth-order valence-corrected chi connectivity index (χ4v) is 4.63. The highest BCUT2D eigenvalue weighted by atomic mass is 16.5. The zero-order valence-corrected chi connectivity index (χ0v) is 17.5. The minimum Gasteiger partial charge on any atom is -0.493 e. The number of hydrogen-bond acceptors (Lipinski definition) is 5. The predicted molar refractivity (Wildman–Crippen MR) is 117 cm³/mol. The molecule has 4 heterocycles. The van der Waals surface area contributed by atoms with Crippen LogP contribution in [0.15, 0.2) is 49.1 Å². The van der Waals surface area contributed by atoms with E-state index in [4.69, 9.17) is 4.74 Å². The standard InChI is InChI=1S/C24H24N6O/c1-15-24(28-29-27-15)17-7-9-25-20(11-17)21-13-30(14-26-21)12-18-8-10-31-22-4-2-3-19(23(18)22)16-5-6-16/h2-4,7,9,11,13-14,16,18H,5-6,8,10,12H2,1H3,(H,27,28,29)/t18-/m1/s1. The van der Waals surface area contributed by atoms with Gasteiger partial charge in [0.05, 0.1) is 24.3 Å². The third kappa shape index (κ3) is 3.40. The van der Waals surface area contributed by atoms with Gasteiger partial charge in [-0.15, -0.1) is 0 Å². The van der Waals surface area contributed by atoms with Crippen molar-refractivity contribution in [3.05, 3.63) is 65.9 Å². The molecule has 6 rings (SSSR count). The summed E-state index contributed by atoms with van der Waals surface area (Å²) >= 11 is 0. The number of aromatic amines is 1. The summed E-state index contributed by atoms with van der Waals surface area (Å²) in [5, 5.41) is 11.1. The second kappa shape index (κ2) is 7.34. The third-order valence-electron chi connectivity index (χ3n) is 6.33. The van der Waals surface area contributed by atoms with Crippen LogP contribution in [0.25, 0.3) is 22.6 Å². The van der Waals surface area contributed by atoms with Crippen LogP contribution in [-0.2, 0) is 6.54 Å². The zero-order chi connectivity index (χ0) is 20.8. The molecule has 7 nitrogen and oxygen atoms in total. The highest BCUT2D eigenvalue weighted by molar-refractivity contribution is 5.67. The van der Waals surface area contributed by atoms with Crippen LogP contribution in [0.3, 0.4) is 0 Å². The molecule has 1 fully saturated rings. The molecule has 0 saturated heterocycles. The molecule has 1 aromatic carbocycles. The minimum absolute atomic E-state index is 0.444. The largest absolute Gasteiger partial charge is 0.493 e. The van der Waals surface area contributed by atoms with Crippen LogP contribution in [0, 0.1) is 6.92 Å². The molecule has 1 aliphatic heterocycles. The number of nitrogens with zero attached hydrogens (tertiary/aromatic N) is 5. The van der Waals surface area contributed by atoms with Gasteiger partial charge >= 0.3 is 0 Å². The number of nitrogens with one attached hydrogen (secondary N) is 1. The molecule has 0 spiro atoms. The lowest BCUT2D eigenvalue weighted by atomic mass is 9.87. The number of hydrogen-bond donors (Lipinski definition) is 1. The maximum absolute atomic E-state index is 5.99. The van der Waals surface area contributed by atoms with E-state index in [9.17, 15) is 0 Å². The summed E-state index contributed by atoms with van der Waals surface area (Å²) in [7, 11) is 0. The van der Waals surface area contributed by atoms with Crippen molar-refractivity contribution in [2.24, 2.45) is 0 Å². The molecule has 156 valence electrons. The van der Waals surface area contributed by atoms with Crippen LogP contribution in [0.2, 0.25) is 0 Å². The lowest BCUT2D eigenvalue weighted by Gasteiger charge is -2.28. The Bertz CT molecular complexity index is 1240. The summed E-state index contributed by atoms with van der Waals surface area (Å²) in [6.07, 6.45) is 9.44. The van der Waals surface area contributed by atoms with E-state index in [1.54, 1.807) is 6.20 Å². The van der Waals surface area contributed by atoms with E-state index < -0.39 is 0 Å². The molecule has 0 unspecified atom stereocenters. The van der Waals surface area contributed by atoms with Gasteiger partial charge in [0.2, 0.25) is 0 Å². The second-order valence-electron chi connectivity index (χ2n) is 8.51. The van der Waals surface area contributed by atoms with Crippen LogP contribution < -0.4 is 4.74 Å². The molecule has 31 heavy (non-hydrogen) atoms. The summed E-state index contributed by atoms with van der Waals surface area (Å²) in [5.74, 6) is 2.22. The number of benzene rings is 1. The van der Waals surface area contributed by atoms with Gasteiger partial charge in [-0.2, -0.15) is 15.4 Å². The van der Waals surface area contributed by atoms with Crippen LogP contribution in [-0.4, -0.2) is 36.6 Å². The molecule has 0 amide bonds. The van der Waals surface area contributed by atoms with Crippen molar-refractivity contribution in [2.75, 3.05) is 6.61 Å². The molecule has 7 heteroatoms. The first-order chi connectivity index (χ1) is 15.3. The Kier molecular flexibility index (Phi) is 4.33. The number of ether oxygens (including phenoxy) is 1. The maximum Gasteiger partial charge on any atom is 0.123 e. The van der Waals surface area contributed by atoms with Crippen LogP contribution in [0.4, 0.5) is 0 Å². The van der Waals surface area contributed by atoms with Gasteiger partial charge in [-0.3, -0.25) is 4.98 Å². The molecule has 1 saturated carbocycles. The summed E-state index contributed by atoms with van der Waals surface area (Å²) in [4.78, 5) is 9.18. The summed E-state index contributed by atoms with van der Waals surface area (Å²) in [6.45, 7) is 3.61. The van der Waals surface area contributed by atoms with Gasteiger partial charge in [-0.25, -0.2) is 4.98 Å². The topological polar surface area (TPSA) is 81.5 Å². The van der Waals surface area contributed by atoms with E-state index in [1.807, 2.05) is 25.4 Å². The predicted octanol–water partition coefficient (Wildman–Crippen LogP) is 4.48. The van der Waals surface area contributed by atoms with E-state index in [0.717, 1.165) is 53.7 Å². The number of fused-ring (bicyclic) bond motifs is 1. The average Bonchev–Trinajstić information content (AvgIpc) is 3.39. The van der Waals surface area contributed by atoms with E-state index in [2.05, 4.69) is 54.3 Å². The first-order valence-electron chi connectivity index (χ1n) is 10.9.